The van der Waals surface area contributed by atoms with Crippen molar-refractivity contribution in [2.45, 2.75) is 135 Å². The molecule has 0 radical (unpaired) electrons. The predicted octanol–water partition coefficient (Wildman–Crippen LogP) is 7.57. The van der Waals surface area contributed by atoms with E-state index in [-0.39, 0.29) is 22.0 Å². The number of ether oxygens (including phenoxy) is 1. The van der Waals surface area contributed by atoms with E-state index in [2.05, 4.69) is 58.9 Å². The maximum Gasteiger partial charge on any atom is 0.192 e. The van der Waals surface area contributed by atoms with Gasteiger partial charge in [-0.3, -0.25) is 4.68 Å². The summed E-state index contributed by atoms with van der Waals surface area (Å²) >= 11 is 0. The molecule has 0 bridgehead atoms. The van der Waals surface area contributed by atoms with Crippen molar-refractivity contribution in [3.05, 3.63) is 18.0 Å². The molecule has 1 aromatic heterocycles. The van der Waals surface area contributed by atoms with Gasteiger partial charge >= 0.3 is 0 Å². The number of nitriles is 1. The van der Waals surface area contributed by atoms with E-state index in [9.17, 15) is 10.4 Å². The Hall–Kier alpha value is -1.20. The van der Waals surface area contributed by atoms with E-state index in [4.69, 9.17) is 9.16 Å². The van der Waals surface area contributed by atoms with Gasteiger partial charge in [-0.2, -0.15) is 10.4 Å². The third kappa shape index (κ3) is 5.27. The lowest BCUT2D eigenvalue weighted by Crippen LogP contribution is -2.60. The average molecular weight is 584 g/mol. The van der Waals surface area contributed by atoms with Gasteiger partial charge in [-0.1, -0.05) is 34.6 Å². The van der Waals surface area contributed by atoms with Crippen molar-refractivity contribution >= 4 is 8.32 Å². The summed E-state index contributed by atoms with van der Waals surface area (Å²) in [6.07, 6.45) is 14.2. The molecule has 1 N–H and O–H groups in total. The second-order valence-corrected chi connectivity index (χ2v) is 21.6. The van der Waals surface area contributed by atoms with Gasteiger partial charge < -0.3 is 14.3 Å². The molecule has 4 fully saturated rings. The number of nitrogens with zero attached hydrogens (tertiary/aromatic N) is 3. The van der Waals surface area contributed by atoms with E-state index < -0.39 is 13.9 Å². The molecular formula is C34H57N3O3Si. The Morgan fingerprint density at radius 2 is 1.76 bits per heavy atom. The van der Waals surface area contributed by atoms with Gasteiger partial charge in [0.05, 0.1) is 36.1 Å². The second kappa shape index (κ2) is 10.5. The van der Waals surface area contributed by atoms with E-state index in [0.717, 1.165) is 31.1 Å². The maximum absolute atomic E-state index is 11.9. The molecule has 230 valence electrons. The highest BCUT2D eigenvalue weighted by molar-refractivity contribution is 6.74. The lowest BCUT2D eigenvalue weighted by atomic mass is 9.43. The van der Waals surface area contributed by atoms with Crippen LogP contribution in [0.1, 0.15) is 105 Å². The molecule has 4 aliphatic carbocycles. The molecule has 1 aromatic rings. The molecule has 1 heterocycles. The highest BCUT2D eigenvalue weighted by Crippen LogP contribution is 2.69. The quantitative estimate of drug-likeness (QED) is 0.335. The number of aliphatic hydroxyl groups is 1. The Balaban J connectivity index is 1.33. The van der Waals surface area contributed by atoms with Gasteiger partial charge in [-0.15, -0.1) is 0 Å². The summed E-state index contributed by atoms with van der Waals surface area (Å²) in [5, 5.41) is 25.7. The lowest BCUT2D eigenvalue weighted by molar-refractivity contribution is -0.167. The van der Waals surface area contributed by atoms with Crippen LogP contribution >= 0.6 is 0 Å². The predicted molar refractivity (Wildman–Crippen MR) is 166 cm³/mol. The highest BCUT2D eigenvalue weighted by atomic mass is 28.4. The summed E-state index contributed by atoms with van der Waals surface area (Å²) < 4.78 is 14.9. The minimum Gasteiger partial charge on any atom is -0.409 e. The number of fused-ring (bicyclic) bond motifs is 5. The fourth-order valence-electron chi connectivity index (χ4n) is 10.5. The van der Waals surface area contributed by atoms with Crippen molar-refractivity contribution in [2.24, 2.45) is 40.4 Å². The van der Waals surface area contributed by atoms with Crippen molar-refractivity contribution in [1.82, 2.24) is 9.78 Å². The van der Waals surface area contributed by atoms with Crippen LogP contribution in [-0.4, -0.2) is 48.1 Å². The smallest absolute Gasteiger partial charge is 0.192 e. The molecule has 41 heavy (non-hydrogen) atoms. The van der Waals surface area contributed by atoms with Crippen LogP contribution in [0.3, 0.4) is 0 Å². The third-order valence-corrected chi connectivity index (χ3v) is 18.0. The van der Waals surface area contributed by atoms with E-state index in [0.29, 0.717) is 36.0 Å². The molecule has 6 nitrogen and oxygen atoms in total. The fraction of sp³-hybridized carbons (Fsp3) is 0.882. The minimum absolute atomic E-state index is 0.146. The largest absolute Gasteiger partial charge is 0.409 e. The van der Waals surface area contributed by atoms with Gasteiger partial charge in [0.15, 0.2) is 8.32 Å². The van der Waals surface area contributed by atoms with Gasteiger partial charge in [0, 0.05) is 13.3 Å². The van der Waals surface area contributed by atoms with Crippen LogP contribution < -0.4 is 0 Å². The Kier molecular flexibility index (Phi) is 7.97. The summed E-state index contributed by atoms with van der Waals surface area (Å²) in [6.45, 7) is 20.2. The SMILES string of the molecule is COCC1(O[Si](C)(C)C(C)(C)C)CC[C@@]2(C)[C@H](CC[C@@H]3[C@@H]2CC[C@]2(C)C([C@@](C)(O)Cn4cc(C#N)cn4)CC[C@@H]32)C1. The van der Waals surface area contributed by atoms with Crippen molar-refractivity contribution < 1.29 is 14.3 Å². The summed E-state index contributed by atoms with van der Waals surface area (Å²) in [5.74, 6) is 3.13. The van der Waals surface area contributed by atoms with Crippen LogP contribution in [-0.2, 0) is 15.7 Å². The van der Waals surface area contributed by atoms with Gasteiger partial charge in [0.2, 0.25) is 0 Å². The lowest BCUT2D eigenvalue weighted by Gasteiger charge is -2.63. The van der Waals surface area contributed by atoms with Crippen LogP contribution in [0.2, 0.25) is 18.1 Å². The summed E-state index contributed by atoms with van der Waals surface area (Å²) in [4.78, 5) is 0. The molecule has 5 rings (SSSR count). The van der Waals surface area contributed by atoms with Crippen molar-refractivity contribution in [2.75, 3.05) is 13.7 Å². The Morgan fingerprint density at radius 3 is 2.39 bits per heavy atom. The molecule has 4 saturated carbocycles. The fourth-order valence-corrected chi connectivity index (χ4v) is 12.1. The molecule has 7 heteroatoms. The van der Waals surface area contributed by atoms with Crippen molar-refractivity contribution in [1.29, 1.82) is 5.26 Å². The van der Waals surface area contributed by atoms with Crippen LogP contribution in [0.25, 0.3) is 0 Å². The molecule has 0 aliphatic heterocycles. The number of hydrogen-bond acceptors (Lipinski definition) is 5. The number of aromatic nitrogens is 2. The van der Waals surface area contributed by atoms with Gasteiger partial charge in [-0.05, 0) is 123 Å². The zero-order chi connectivity index (χ0) is 30.1. The second-order valence-electron chi connectivity index (χ2n) is 16.9. The monoisotopic (exact) mass is 583 g/mol. The first-order valence-electron chi connectivity index (χ1n) is 16.3. The third-order valence-electron chi connectivity index (χ3n) is 13.5. The van der Waals surface area contributed by atoms with E-state index >= 15 is 0 Å². The first-order valence-corrected chi connectivity index (χ1v) is 19.3. The van der Waals surface area contributed by atoms with E-state index in [1.807, 2.05) is 14.0 Å². The number of hydrogen-bond donors (Lipinski definition) is 1. The Labute approximate surface area is 250 Å². The molecule has 0 spiro atoms. The van der Waals surface area contributed by atoms with Gasteiger partial charge in [-0.25, -0.2) is 0 Å². The Morgan fingerprint density at radius 1 is 1.05 bits per heavy atom. The first kappa shape index (κ1) is 31.2. The number of rotatable bonds is 7. The van der Waals surface area contributed by atoms with E-state index in [1.165, 1.54) is 38.5 Å². The summed E-state index contributed by atoms with van der Waals surface area (Å²) in [5.41, 5.74) is 0.0775. The molecule has 0 saturated heterocycles. The highest BCUT2D eigenvalue weighted by Gasteiger charge is 2.64. The topological polar surface area (TPSA) is 80.3 Å². The zero-order valence-corrected chi connectivity index (χ0v) is 28.4. The zero-order valence-electron chi connectivity index (χ0n) is 27.4. The van der Waals surface area contributed by atoms with Gasteiger partial charge in [0.1, 0.15) is 6.07 Å². The van der Waals surface area contributed by atoms with Crippen LogP contribution in [0.15, 0.2) is 12.4 Å². The Bertz CT molecular complexity index is 1150. The minimum atomic E-state index is -1.93. The molecular weight excluding hydrogens is 526 g/mol. The normalized spacial score (nSPS) is 40.7. The standard InChI is InChI=1S/C34H57N3O3Si/c1-30(2,3)41(8,9)40-34(23-39-7)17-16-31(4)25(18-34)10-11-26-27-12-13-29(32(27,5)15-14-28(26)31)33(6,38)22-37-21-24(19-35)20-36-37/h20-21,25-29,38H,10-18,22-23H2,1-9H3/t25-,26+,27+,28+,29?,31+,32+,33+,34?/m1/s1. The van der Waals surface area contributed by atoms with Crippen molar-refractivity contribution in [3.63, 3.8) is 0 Å². The van der Waals surface area contributed by atoms with Crippen LogP contribution in [0.5, 0.6) is 0 Å². The molecule has 2 unspecified atom stereocenters. The first-order chi connectivity index (χ1) is 19.0. The maximum atomic E-state index is 11.9. The van der Waals surface area contributed by atoms with Crippen LogP contribution in [0.4, 0.5) is 0 Å². The molecule has 4 aliphatic rings. The van der Waals surface area contributed by atoms with Crippen molar-refractivity contribution in [3.8, 4) is 6.07 Å². The summed E-state index contributed by atoms with van der Waals surface area (Å²) in [7, 11) is -0.0746. The molecule has 0 amide bonds. The van der Waals surface area contributed by atoms with Gasteiger partial charge in [0.25, 0.3) is 0 Å². The number of methoxy groups -OCH3 is 1. The molecule has 9 atom stereocenters. The van der Waals surface area contributed by atoms with E-state index in [1.54, 1.807) is 17.1 Å². The van der Waals surface area contributed by atoms with Crippen LogP contribution in [0, 0.1) is 51.8 Å². The molecule has 0 aromatic carbocycles. The average Bonchev–Trinajstić information content (AvgIpc) is 3.47. The summed E-state index contributed by atoms with van der Waals surface area (Å²) in [6, 6.07) is 2.16.